The quantitative estimate of drug-likeness (QED) is 0.645. The van der Waals surface area contributed by atoms with Crippen molar-refractivity contribution in [3.05, 3.63) is 52.8 Å². The summed E-state index contributed by atoms with van der Waals surface area (Å²) in [5.74, 6) is 2.53. The lowest BCUT2D eigenvalue weighted by atomic mass is 10.1. The highest BCUT2D eigenvalue weighted by Gasteiger charge is 2.19. The number of rotatable bonds is 5. The van der Waals surface area contributed by atoms with E-state index in [1.807, 2.05) is 6.07 Å². The number of carbonyl (C=O) groups is 1. The Bertz CT molecular complexity index is 1060. The van der Waals surface area contributed by atoms with Gasteiger partial charge in [-0.05, 0) is 43.2 Å². The Morgan fingerprint density at radius 2 is 1.80 bits per heavy atom. The van der Waals surface area contributed by atoms with Crippen molar-refractivity contribution in [3.8, 4) is 22.9 Å². The molecule has 30 heavy (non-hydrogen) atoms. The number of carbonyl (C=O) groups excluding carboxylic acids is 1. The molecule has 3 aromatic rings. The predicted molar refractivity (Wildman–Crippen MR) is 116 cm³/mol. The molecule has 1 aliphatic rings. The second kappa shape index (κ2) is 8.75. The summed E-state index contributed by atoms with van der Waals surface area (Å²) in [5, 5.41) is 12.2. The van der Waals surface area contributed by atoms with E-state index in [1.165, 1.54) is 6.42 Å². The molecule has 0 aliphatic carbocycles. The highest BCUT2D eigenvalue weighted by molar-refractivity contribution is 6.33. The molecular weight excluding hydrogens is 404 g/mol. The minimum Gasteiger partial charge on any atom is -0.497 e. The SMILES string of the molecule is COc1cc(OC)cc(C(=O)Nc2ccc(Cl)c(-c3nnc4n3CCCCC4)c2)c1. The fourth-order valence-electron chi connectivity index (χ4n) is 3.60. The second-order valence-corrected chi connectivity index (χ2v) is 7.56. The third-order valence-electron chi connectivity index (χ3n) is 5.19. The number of ether oxygens (including phenoxy) is 2. The van der Waals surface area contributed by atoms with Gasteiger partial charge >= 0.3 is 0 Å². The molecule has 7 nitrogen and oxygen atoms in total. The van der Waals surface area contributed by atoms with Crippen LogP contribution in [0.3, 0.4) is 0 Å². The smallest absolute Gasteiger partial charge is 0.255 e. The molecule has 0 saturated heterocycles. The molecule has 0 atom stereocenters. The molecule has 2 heterocycles. The van der Waals surface area contributed by atoms with E-state index in [0.717, 1.165) is 43.0 Å². The van der Waals surface area contributed by atoms with Crippen LogP contribution in [0.15, 0.2) is 36.4 Å². The minimum absolute atomic E-state index is 0.277. The molecule has 4 rings (SSSR count). The predicted octanol–water partition coefficient (Wildman–Crippen LogP) is 4.59. The van der Waals surface area contributed by atoms with Gasteiger partial charge in [-0.3, -0.25) is 4.79 Å². The Balaban J connectivity index is 1.63. The Kier molecular flexibility index (Phi) is 5.90. The number of fused-ring (bicyclic) bond motifs is 1. The van der Waals surface area contributed by atoms with E-state index in [4.69, 9.17) is 21.1 Å². The monoisotopic (exact) mass is 426 g/mol. The van der Waals surface area contributed by atoms with Crippen LogP contribution in [0.2, 0.25) is 5.02 Å². The van der Waals surface area contributed by atoms with Gasteiger partial charge < -0.3 is 19.4 Å². The first-order valence-corrected chi connectivity index (χ1v) is 10.2. The lowest BCUT2D eigenvalue weighted by Gasteiger charge is -2.12. The van der Waals surface area contributed by atoms with Crippen LogP contribution in [0.4, 0.5) is 5.69 Å². The van der Waals surface area contributed by atoms with Crippen LogP contribution >= 0.6 is 11.6 Å². The normalized spacial score (nSPS) is 13.3. The zero-order chi connectivity index (χ0) is 21.1. The van der Waals surface area contributed by atoms with Crippen molar-refractivity contribution in [1.29, 1.82) is 0 Å². The summed E-state index contributed by atoms with van der Waals surface area (Å²) < 4.78 is 12.6. The number of aromatic nitrogens is 3. The number of amides is 1. The lowest BCUT2D eigenvalue weighted by molar-refractivity contribution is 0.102. The number of anilines is 1. The molecule has 1 aromatic heterocycles. The number of hydrogen-bond donors (Lipinski definition) is 1. The van der Waals surface area contributed by atoms with Crippen LogP contribution in [0.1, 0.15) is 35.4 Å². The number of nitrogens with one attached hydrogen (secondary N) is 1. The molecule has 156 valence electrons. The van der Waals surface area contributed by atoms with E-state index in [2.05, 4.69) is 20.1 Å². The zero-order valence-corrected chi connectivity index (χ0v) is 17.7. The average molecular weight is 427 g/mol. The first kappa shape index (κ1) is 20.2. The van der Waals surface area contributed by atoms with Gasteiger partial charge in [0, 0.05) is 35.8 Å². The lowest BCUT2D eigenvalue weighted by Crippen LogP contribution is -2.12. The van der Waals surface area contributed by atoms with Crippen LogP contribution < -0.4 is 14.8 Å². The van der Waals surface area contributed by atoms with E-state index >= 15 is 0 Å². The second-order valence-electron chi connectivity index (χ2n) is 7.15. The van der Waals surface area contributed by atoms with E-state index in [1.54, 1.807) is 44.6 Å². The van der Waals surface area contributed by atoms with E-state index in [9.17, 15) is 4.79 Å². The number of halogens is 1. The van der Waals surface area contributed by atoms with Crippen molar-refractivity contribution in [2.75, 3.05) is 19.5 Å². The maximum Gasteiger partial charge on any atom is 0.255 e. The summed E-state index contributed by atoms with van der Waals surface area (Å²) in [7, 11) is 3.09. The molecule has 0 unspecified atom stereocenters. The number of benzene rings is 2. The molecule has 1 aliphatic heterocycles. The summed E-state index contributed by atoms with van der Waals surface area (Å²) in [6.45, 7) is 0.869. The van der Waals surface area contributed by atoms with Crippen LogP contribution in [-0.2, 0) is 13.0 Å². The van der Waals surface area contributed by atoms with Gasteiger partial charge in [-0.15, -0.1) is 10.2 Å². The standard InChI is InChI=1S/C22H23ClN4O3/c1-29-16-10-14(11-17(13-16)30-2)22(28)24-15-7-8-19(23)18(12-15)21-26-25-20-6-4-3-5-9-27(20)21/h7-8,10-13H,3-6,9H2,1-2H3,(H,24,28). The molecule has 1 amide bonds. The summed E-state index contributed by atoms with van der Waals surface area (Å²) in [5.41, 5.74) is 1.80. The number of hydrogen-bond acceptors (Lipinski definition) is 5. The summed E-state index contributed by atoms with van der Waals surface area (Å²) in [6, 6.07) is 10.4. The molecule has 1 N–H and O–H groups in total. The first-order chi connectivity index (χ1) is 14.6. The van der Waals surface area contributed by atoms with Gasteiger partial charge in [-0.1, -0.05) is 18.0 Å². The van der Waals surface area contributed by atoms with Crippen LogP contribution in [-0.4, -0.2) is 34.9 Å². The van der Waals surface area contributed by atoms with Crippen LogP contribution in [0, 0.1) is 0 Å². The highest BCUT2D eigenvalue weighted by Crippen LogP contribution is 2.32. The number of nitrogens with zero attached hydrogens (tertiary/aromatic N) is 3. The molecule has 0 saturated carbocycles. The first-order valence-electron chi connectivity index (χ1n) is 9.85. The molecule has 2 aromatic carbocycles. The summed E-state index contributed by atoms with van der Waals surface area (Å²) in [4.78, 5) is 12.8. The number of methoxy groups -OCH3 is 2. The van der Waals surface area contributed by atoms with Gasteiger partial charge in [0.05, 0.1) is 19.2 Å². The van der Waals surface area contributed by atoms with E-state index in [-0.39, 0.29) is 5.91 Å². The topological polar surface area (TPSA) is 78.3 Å². The Morgan fingerprint density at radius 3 is 2.53 bits per heavy atom. The fraction of sp³-hybridized carbons (Fsp3) is 0.318. The summed E-state index contributed by atoms with van der Waals surface area (Å²) >= 11 is 6.48. The highest BCUT2D eigenvalue weighted by atomic mass is 35.5. The molecule has 8 heteroatoms. The van der Waals surface area contributed by atoms with Crippen molar-refractivity contribution in [3.63, 3.8) is 0 Å². The molecule has 0 spiro atoms. The molecular formula is C22H23ClN4O3. The van der Waals surface area contributed by atoms with Crippen molar-refractivity contribution < 1.29 is 14.3 Å². The van der Waals surface area contributed by atoms with E-state index < -0.39 is 0 Å². The zero-order valence-electron chi connectivity index (χ0n) is 16.9. The molecule has 0 bridgehead atoms. The number of aryl methyl sites for hydroxylation is 1. The van der Waals surface area contributed by atoms with Gasteiger partial charge in [-0.2, -0.15) is 0 Å². The van der Waals surface area contributed by atoms with Gasteiger partial charge in [0.25, 0.3) is 5.91 Å². The van der Waals surface area contributed by atoms with Gasteiger partial charge in [-0.25, -0.2) is 0 Å². The fourth-order valence-corrected chi connectivity index (χ4v) is 3.80. The Morgan fingerprint density at radius 1 is 1.03 bits per heavy atom. The minimum atomic E-state index is -0.277. The molecule has 0 radical (unpaired) electrons. The van der Waals surface area contributed by atoms with Crippen LogP contribution in [0.25, 0.3) is 11.4 Å². The van der Waals surface area contributed by atoms with Crippen molar-refractivity contribution in [2.24, 2.45) is 0 Å². The van der Waals surface area contributed by atoms with Crippen molar-refractivity contribution >= 4 is 23.2 Å². The maximum atomic E-state index is 12.8. The maximum absolute atomic E-state index is 12.8. The Labute approximate surface area is 180 Å². The van der Waals surface area contributed by atoms with Gasteiger partial charge in [0.15, 0.2) is 5.82 Å². The van der Waals surface area contributed by atoms with Gasteiger partial charge in [0.1, 0.15) is 17.3 Å². The largest absolute Gasteiger partial charge is 0.497 e. The summed E-state index contributed by atoms with van der Waals surface area (Å²) in [6.07, 6.45) is 4.30. The van der Waals surface area contributed by atoms with Crippen molar-refractivity contribution in [2.45, 2.75) is 32.2 Å². The van der Waals surface area contributed by atoms with Crippen LogP contribution in [0.5, 0.6) is 11.5 Å². The van der Waals surface area contributed by atoms with Crippen molar-refractivity contribution in [1.82, 2.24) is 14.8 Å². The Hall–Kier alpha value is -3.06. The molecule has 0 fully saturated rings. The van der Waals surface area contributed by atoms with E-state index in [0.29, 0.717) is 27.8 Å². The third kappa shape index (κ3) is 4.11. The third-order valence-corrected chi connectivity index (χ3v) is 5.52. The van der Waals surface area contributed by atoms with Gasteiger partial charge in [0.2, 0.25) is 0 Å². The average Bonchev–Trinajstić information content (AvgIpc) is 3.02.